The number of ketones is 1. The standard InChI is InChI=1S/C21H24N6O4S2/c1-26-18(29)16(17(22)27(21(26)30)11-13-6-3-2-4-7-13)15(28)12-32-20-25-24-19(33-20)23-10-14-8-5-9-31-14/h2-4,6-7,14H,5,8-12,22H2,1H3,(H,23,24). The number of nitrogen functional groups attached to an aromatic ring is 1. The molecule has 0 radical (unpaired) electrons. The topological polar surface area (TPSA) is 134 Å². The number of nitrogens with zero attached hydrogens (tertiary/aromatic N) is 4. The van der Waals surface area contributed by atoms with Crippen molar-refractivity contribution < 1.29 is 9.53 Å². The molecule has 0 aliphatic carbocycles. The number of benzene rings is 1. The van der Waals surface area contributed by atoms with E-state index >= 15 is 0 Å². The van der Waals surface area contributed by atoms with Gasteiger partial charge in [0.1, 0.15) is 11.4 Å². The minimum Gasteiger partial charge on any atom is -0.384 e. The van der Waals surface area contributed by atoms with Gasteiger partial charge >= 0.3 is 5.69 Å². The van der Waals surface area contributed by atoms with E-state index in [0.717, 1.165) is 29.6 Å². The fraction of sp³-hybridized carbons (Fsp3) is 0.381. The quantitative estimate of drug-likeness (QED) is 0.340. The number of ether oxygens (including phenoxy) is 1. The summed E-state index contributed by atoms with van der Waals surface area (Å²) in [6.45, 7) is 1.60. The van der Waals surface area contributed by atoms with Gasteiger partial charge in [0.05, 0.1) is 18.4 Å². The average molecular weight is 489 g/mol. The van der Waals surface area contributed by atoms with Gasteiger partial charge in [-0.25, -0.2) is 4.79 Å². The van der Waals surface area contributed by atoms with E-state index in [2.05, 4.69) is 15.5 Å². The first-order valence-electron chi connectivity index (χ1n) is 10.4. The first-order valence-corrected chi connectivity index (χ1v) is 12.2. The number of Topliss-reactive ketones (excluding diaryl/α,β-unsaturated/α-hetero) is 1. The van der Waals surface area contributed by atoms with E-state index in [1.165, 1.54) is 34.7 Å². The lowest BCUT2D eigenvalue weighted by Crippen LogP contribution is -2.43. The molecule has 0 saturated carbocycles. The molecule has 0 amide bonds. The lowest BCUT2D eigenvalue weighted by molar-refractivity contribution is 0.102. The maximum Gasteiger partial charge on any atom is 0.332 e. The van der Waals surface area contributed by atoms with Crippen LogP contribution < -0.4 is 22.3 Å². The Hall–Kier alpha value is -2.96. The molecule has 1 fully saturated rings. The Morgan fingerprint density at radius 1 is 1.30 bits per heavy atom. The number of thioether (sulfide) groups is 1. The molecule has 4 rings (SSSR count). The highest BCUT2D eigenvalue weighted by Gasteiger charge is 2.22. The molecule has 0 bridgehead atoms. The highest BCUT2D eigenvalue weighted by atomic mass is 32.2. The fourth-order valence-electron chi connectivity index (χ4n) is 3.51. The van der Waals surface area contributed by atoms with Gasteiger partial charge in [0.2, 0.25) is 5.13 Å². The van der Waals surface area contributed by atoms with Crippen molar-refractivity contribution in [2.24, 2.45) is 7.05 Å². The van der Waals surface area contributed by atoms with Crippen LogP contribution >= 0.6 is 23.1 Å². The highest BCUT2D eigenvalue weighted by Crippen LogP contribution is 2.26. The number of nitrogens with one attached hydrogen (secondary N) is 1. The molecule has 1 saturated heterocycles. The molecule has 1 aliphatic heterocycles. The average Bonchev–Trinajstić information content (AvgIpc) is 3.50. The second kappa shape index (κ2) is 10.3. The second-order valence-electron chi connectivity index (χ2n) is 7.58. The lowest BCUT2D eigenvalue weighted by atomic mass is 10.2. The van der Waals surface area contributed by atoms with Crippen LogP contribution in [0.3, 0.4) is 0 Å². The summed E-state index contributed by atoms with van der Waals surface area (Å²) in [5.74, 6) is -0.652. The summed E-state index contributed by atoms with van der Waals surface area (Å²) in [5, 5.41) is 12.0. The zero-order valence-electron chi connectivity index (χ0n) is 18.0. The monoisotopic (exact) mass is 488 g/mol. The minimum atomic E-state index is -0.705. The van der Waals surface area contributed by atoms with Gasteiger partial charge in [0.25, 0.3) is 5.56 Å². The maximum absolute atomic E-state index is 12.9. The number of nitrogens with two attached hydrogens (primary N) is 1. The van der Waals surface area contributed by atoms with Gasteiger partial charge in [-0.2, -0.15) is 0 Å². The van der Waals surface area contributed by atoms with Crippen LogP contribution in [-0.2, 0) is 18.3 Å². The molecule has 3 N–H and O–H groups in total. The summed E-state index contributed by atoms with van der Waals surface area (Å²) in [4.78, 5) is 38.2. The van der Waals surface area contributed by atoms with Gasteiger partial charge in [-0.3, -0.25) is 18.7 Å². The minimum absolute atomic E-state index is 0.0522. The summed E-state index contributed by atoms with van der Waals surface area (Å²) in [6, 6.07) is 9.22. The van der Waals surface area contributed by atoms with Crippen LogP contribution in [0.15, 0.2) is 44.3 Å². The third kappa shape index (κ3) is 5.34. The van der Waals surface area contributed by atoms with Crippen LogP contribution in [-0.4, -0.2) is 50.1 Å². The maximum atomic E-state index is 12.9. The van der Waals surface area contributed by atoms with Crippen molar-refractivity contribution >= 4 is 39.8 Å². The SMILES string of the molecule is Cn1c(=O)c(C(=O)CSc2nnc(NCC3CCCO3)s2)c(N)n(Cc2ccccc2)c1=O. The molecular formula is C21H24N6O4S2. The predicted octanol–water partition coefficient (Wildman–Crippen LogP) is 1.59. The van der Waals surface area contributed by atoms with Crippen LogP contribution in [0.25, 0.3) is 0 Å². The molecule has 1 aromatic carbocycles. The Kier molecular flexibility index (Phi) is 7.26. The number of carbonyl (C=O) groups excluding carboxylic acids is 1. The van der Waals surface area contributed by atoms with E-state index in [1.54, 1.807) is 0 Å². The first-order chi connectivity index (χ1) is 15.9. The van der Waals surface area contributed by atoms with E-state index in [-0.39, 0.29) is 29.8 Å². The zero-order valence-corrected chi connectivity index (χ0v) is 19.7. The lowest BCUT2D eigenvalue weighted by Gasteiger charge is -2.14. The Labute approximate surface area is 197 Å². The molecular weight excluding hydrogens is 464 g/mol. The summed E-state index contributed by atoms with van der Waals surface area (Å²) in [7, 11) is 1.34. The van der Waals surface area contributed by atoms with E-state index in [4.69, 9.17) is 10.5 Å². The number of anilines is 2. The third-order valence-electron chi connectivity index (χ3n) is 5.28. The van der Waals surface area contributed by atoms with Crippen LogP contribution in [0.4, 0.5) is 10.9 Å². The molecule has 3 heterocycles. The second-order valence-corrected chi connectivity index (χ2v) is 9.78. The van der Waals surface area contributed by atoms with Crippen LogP contribution in [0, 0.1) is 0 Å². The highest BCUT2D eigenvalue weighted by molar-refractivity contribution is 8.01. The normalized spacial score (nSPS) is 15.6. The molecule has 0 spiro atoms. The third-order valence-corrected chi connectivity index (χ3v) is 7.30. The number of carbonyl (C=O) groups is 1. The molecule has 1 atom stereocenters. The van der Waals surface area contributed by atoms with Crippen molar-refractivity contribution in [1.82, 2.24) is 19.3 Å². The number of hydrogen-bond acceptors (Lipinski definition) is 10. The molecule has 33 heavy (non-hydrogen) atoms. The number of hydrogen-bond donors (Lipinski definition) is 2. The van der Waals surface area contributed by atoms with Crippen molar-refractivity contribution in [2.75, 3.05) is 30.0 Å². The van der Waals surface area contributed by atoms with E-state index in [0.29, 0.717) is 16.0 Å². The number of rotatable bonds is 9. The Bertz CT molecular complexity index is 1250. The Morgan fingerprint density at radius 3 is 2.82 bits per heavy atom. The van der Waals surface area contributed by atoms with Crippen LogP contribution in [0.5, 0.6) is 0 Å². The summed E-state index contributed by atoms with van der Waals surface area (Å²) in [5.41, 5.74) is 5.51. The van der Waals surface area contributed by atoms with Crippen molar-refractivity contribution in [3.8, 4) is 0 Å². The van der Waals surface area contributed by atoms with Gasteiger partial charge in [-0.05, 0) is 18.4 Å². The molecule has 10 nitrogen and oxygen atoms in total. The molecule has 2 aromatic heterocycles. The van der Waals surface area contributed by atoms with Crippen LogP contribution in [0.2, 0.25) is 0 Å². The largest absolute Gasteiger partial charge is 0.384 e. The van der Waals surface area contributed by atoms with Gasteiger partial charge in [0, 0.05) is 20.2 Å². The number of aromatic nitrogens is 4. The van der Waals surface area contributed by atoms with Crippen molar-refractivity contribution in [3.05, 3.63) is 62.3 Å². The van der Waals surface area contributed by atoms with Crippen molar-refractivity contribution in [2.45, 2.75) is 29.8 Å². The van der Waals surface area contributed by atoms with Gasteiger partial charge in [-0.15, -0.1) is 10.2 Å². The predicted molar refractivity (Wildman–Crippen MR) is 128 cm³/mol. The first kappa shape index (κ1) is 23.2. The summed E-state index contributed by atoms with van der Waals surface area (Å²) < 4.78 is 8.32. The van der Waals surface area contributed by atoms with Gasteiger partial charge < -0.3 is 15.8 Å². The van der Waals surface area contributed by atoms with E-state index < -0.39 is 17.0 Å². The summed E-state index contributed by atoms with van der Waals surface area (Å²) in [6.07, 6.45) is 2.26. The zero-order chi connectivity index (χ0) is 23.4. The Morgan fingerprint density at radius 2 is 2.09 bits per heavy atom. The molecule has 12 heteroatoms. The van der Waals surface area contributed by atoms with Crippen molar-refractivity contribution in [3.63, 3.8) is 0 Å². The Balaban J connectivity index is 1.46. The van der Waals surface area contributed by atoms with E-state index in [1.807, 2.05) is 30.3 Å². The van der Waals surface area contributed by atoms with Crippen LogP contribution in [0.1, 0.15) is 28.8 Å². The molecule has 1 unspecified atom stereocenters. The molecule has 174 valence electrons. The van der Waals surface area contributed by atoms with Gasteiger partial charge in [-0.1, -0.05) is 53.4 Å². The fourth-order valence-corrected chi connectivity index (χ4v) is 5.14. The van der Waals surface area contributed by atoms with E-state index in [9.17, 15) is 14.4 Å². The van der Waals surface area contributed by atoms with Gasteiger partial charge in [0.15, 0.2) is 10.1 Å². The molecule has 3 aromatic rings. The summed E-state index contributed by atoms with van der Waals surface area (Å²) >= 11 is 2.50. The smallest absolute Gasteiger partial charge is 0.332 e. The molecule has 1 aliphatic rings. The van der Waals surface area contributed by atoms with Crippen molar-refractivity contribution in [1.29, 1.82) is 0 Å².